The van der Waals surface area contributed by atoms with E-state index in [4.69, 9.17) is 0 Å². The van der Waals surface area contributed by atoms with Crippen LogP contribution >= 0.6 is 0 Å². The molecule has 0 aliphatic carbocycles. The highest BCUT2D eigenvalue weighted by Gasteiger charge is 2.18. The Morgan fingerprint density at radius 1 is 1.09 bits per heavy atom. The summed E-state index contributed by atoms with van der Waals surface area (Å²) in [7, 11) is 0. The van der Waals surface area contributed by atoms with Crippen LogP contribution in [0.1, 0.15) is 24.5 Å². The van der Waals surface area contributed by atoms with Crippen LogP contribution in [0.25, 0.3) is 0 Å². The lowest BCUT2D eigenvalue weighted by atomic mass is 10.1. The molecule has 0 saturated carbocycles. The van der Waals surface area contributed by atoms with Crippen molar-refractivity contribution in [1.82, 2.24) is 0 Å². The highest BCUT2D eigenvalue weighted by Crippen LogP contribution is 2.28. The highest BCUT2D eigenvalue weighted by molar-refractivity contribution is 5.86. The number of aryl methyl sites for hydroxylation is 1. The largest absolute Gasteiger partial charge is 0.507 e. The number of hydrogen-bond acceptors (Lipinski definition) is 2. The second-order valence-corrected chi connectivity index (χ2v) is 4.68. The van der Waals surface area contributed by atoms with Gasteiger partial charge in [0.1, 0.15) is 11.4 Å². The maximum absolute atomic E-state index is 13.5. The smallest absolute Gasteiger partial charge is 0.187 e. The quantitative estimate of drug-likeness (QED) is 0.497. The lowest BCUT2D eigenvalue weighted by molar-refractivity contribution is 0.457. The molecule has 0 spiro atoms. The molecular formula is C16H13F4NO. The summed E-state index contributed by atoms with van der Waals surface area (Å²) in [6.07, 6.45) is 2.38. The van der Waals surface area contributed by atoms with E-state index >= 15 is 0 Å². The first-order chi connectivity index (χ1) is 10.5. The lowest BCUT2D eigenvalue weighted by Gasteiger charge is -2.06. The minimum atomic E-state index is -1.58. The van der Waals surface area contributed by atoms with Crippen LogP contribution in [0.2, 0.25) is 0 Å². The Balaban J connectivity index is 2.44. The van der Waals surface area contributed by atoms with Gasteiger partial charge in [-0.05, 0) is 18.1 Å². The van der Waals surface area contributed by atoms with Crippen LogP contribution in [-0.2, 0) is 6.42 Å². The molecule has 0 radical (unpaired) electrons. The molecule has 22 heavy (non-hydrogen) atoms. The topological polar surface area (TPSA) is 32.6 Å². The van der Waals surface area contributed by atoms with Gasteiger partial charge in [-0.2, -0.15) is 0 Å². The van der Waals surface area contributed by atoms with Gasteiger partial charge in [0.25, 0.3) is 0 Å². The Hall–Kier alpha value is -2.37. The van der Waals surface area contributed by atoms with Gasteiger partial charge in [0.15, 0.2) is 23.3 Å². The van der Waals surface area contributed by atoms with E-state index in [0.29, 0.717) is 12.0 Å². The van der Waals surface area contributed by atoms with Crippen molar-refractivity contribution in [2.24, 2.45) is 4.99 Å². The van der Waals surface area contributed by atoms with Crippen LogP contribution in [0.5, 0.6) is 5.75 Å². The van der Waals surface area contributed by atoms with Gasteiger partial charge < -0.3 is 5.11 Å². The summed E-state index contributed by atoms with van der Waals surface area (Å²) in [6, 6.07) is 4.94. The van der Waals surface area contributed by atoms with E-state index in [0.717, 1.165) is 12.6 Å². The van der Waals surface area contributed by atoms with Crippen LogP contribution in [0.4, 0.5) is 23.2 Å². The normalized spacial score (nSPS) is 11.3. The number of aromatic hydroxyl groups is 1. The molecule has 0 saturated heterocycles. The van der Waals surface area contributed by atoms with Gasteiger partial charge in [-0.3, -0.25) is 0 Å². The van der Waals surface area contributed by atoms with E-state index in [-0.39, 0.29) is 17.4 Å². The van der Waals surface area contributed by atoms with Crippen molar-refractivity contribution in [3.8, 4) is 5.75 Å². The third-order valence-corrected chi connectivity index (χ3v) is 3.09. The Kier molecular flexibility index (Phi) is 4.80. The number of benzene rings is 2. The van der Waals surface area contributed by atoms with Gasteiger partial charge >= 0.3 is 0 Å². The molecule has 0 heterocycles. The fraction of sp³-hybridized carbons (Fsp3) is 0.188. The standard InChI is InChI=1S/C16H13F4NO/c1-2-4-9-5-3-6-10(16(9)22)8-21-15-13(19)11(17)7-12(18)14(15)20/h3,5-8,22H,2,4H2,1H3. The third-order valence-electron chi connectivity index (χ3n) is 3.09. The van der Waals surface area contributed by atoms with E-state index in [1.54, 1.807) is 12.1 Å². The van der Waals surface area contributed by atoms with E-state index < -0.39 is 29.0 Å². The molecule has 0 unspecified atom stereocenters. The summed E-state index contributed by atoms with van der Waals surface area (Å²) in [5, 5.41) is 10.0. The van der Waals surface area contributed by atoms with E-state index in [1.165, 1.54) is 6.07 Å². The fourth-order valence-corrected chi connectivity index (χ4v) is 1.99. The maximum atomic E-state index is 13.5. The number of hydrogen-bond donors (Lipinski definition) is 1. The SMILES string of the molecule is CCCc1cccc(C=Nc2c(F)c(F)cc(F)c2F)c1O. The van der Waals surface area contributed by atoms with Crippen LogP contribution < -0.4 is 0 Å². The molecule has 6 heteroatoms. The van der Waals surface area contributed by atoms with Crippen molar-refractivity contribution in [1.29, 1.82) is 0 Å². The summed E-state index contributed by atoms with van der Waals surface area (Å²) < 4.78 is 53.1. The van der Waals surface area contributed by atoms with Crippen molar-refractivity contribution in [3.05, 3.63) is 58.7 Å². The second kappa shape index (κ2) is 6.60. The average molecular weight is 311 g/mol. The third kappa shape index (κ3) is 3.10. The Bertz CT molecular complexity index is 702. The van der Waals surface area contributed by atoms with Crippen molar-refractivity contribution in [3.63, 3.8) is 0 Å². The monoisotopic (exact) mass is 311 g/mol. The number of aliphatic imine (C=N–C) groups is 1. The summed E-state index contributed by atoms with van der Waals surface area (Å²) in [5.41, 5.74) is -0.218. The molecule has 116 valence electrons. The molecule has 0 atom stereocenters. The molecule has 2 aromatic carbocycles. The van der Waals surface area contributed by atoms with Crippen molar-refractivity contribution >= 4 is 11.9 Å². The molecule has 0 bridgehead atoms. The molecule has 1 N–H and O–H groups in total. The molecule has 2 aromatic rings. The molecule has 0 fully saturated rings. The van der Waals surface area contributed by atoms with E-state index in [1.807, 2.05) is 6.92 Å². The fourth-order valence-electron chi connectivity index (χ4n) is 1.99. The Morgan fingerprint density at radius 2 is 1.73 bits per heavy atom. The number of nitrogens with zero attached hydrogens (tertiary/aromatic N) is 1. The number of phenolic OH excluding ortho intramolecular Hbond substituents is 1. The minimum Gasteiger partial charge on any atom is -0.507 e. The van der Waals surface area contributed by atoms with Crippen molar-refractivity contribution < 1.29 is 22.7 Å². The minimum absolute atomic E-state index is 0.0780. The zero-order valence-corrected chi connectivity index (χ0v) is 11.7. The first-order valence-corrected chi connectivity index (χ1v) is 6.63. The van der Waals surface area contributed by atoms with Crippen LogP contribution in [0.3, 0.4) is 0 Å². The first kappa shape index (κ1) is 16.0. The molecule has 2 nitrogen and oxygen atoms in total. The summed E-state index contributed by atoms with van der Waals surface area (Å²) in [4.78, 5) is 3.44. The number of phenols is 1. The summed E-state index contributed by atoms with van der Waals surface area (Å²) in [5.74, 6) is -6.31. The van der Waals surface area contributed by atoms with Crippen LogP contribution in [-0.4, -0.2) is 11.3 Å². The van der Waals surface area contributed by atoms with Crippen molar-refractivity contribution in [2.75, 3.05) is 0 Å². The van der Waals surface area contributed by atoms with E-state index in [9.17, 15) is 22.7 Å². The van der Waals surface area contributed by atoms with Gasteiger partial charge in [0, 0.05) is 17.8 Å². The number of rotatable bonds is 4. The second-order valence-electron chi connectivity index (χ2n) is 4.68. The van der Waals surface area contributed by atoms with Crippen molar-refractivity contribution in [2.45, 2.75) is 19.8 Å². The zero-order chi connectivity index (χ0) is 16.3. The van der Waals surface area contributed by atoms with Gasteiger partial charge in [-0.1, -0.05) is 25.5 Å². The molecule has 0 aromatic heterocycles. The summed E-state index contributed by atoms with van der Waals surface area (Å²) in [6.45, 7) is 1.93. The molecule has 2 rings (SSSR count). The lowest BCUT2D eigenvalue weighted by Crippen LogP contribution is -1.95. The predicted molar refractivity (Wildman–Crippen MR) is 75.6 cm³/mol. The number of halogens is 4. The number of para-hydroxylation sites is 1. The van der Waals surface area contributed by atoms with Gasteiger partial charge in [-0.25, -0.2) is 22.6 Å². The van der Waals surface area contributed by atoms with Gasteiger partial charge in [0.2, 0.25) is 0 Å². The Morgan fingerprint density at radius 3 is 2.32 bits per heavy atom. The Labute approximate surface area is 124 Å². The maximum Gasteiger partial charge on any atom is 0.187 e. The van der Waals surface area contributed by atoms with Gasteiger partial charge in [-0.15, -0.1) is 0 Å². The predicted octanol–water partition coefficient (Wildman–Crippen LogP) is 4.65. The average Bonchev–Trinajstić information content (AvgIpc) is 2.49. The molecule has 0 aliphatic heterocycles. The summed E-state index contributed by atoms with van der Waals surface area (Å²) >= 11 is 0. The van der Waals surface area contributed by atoms with Crippen LogP contribution in [0, 0.1) is 23.3 Å². The van der Waals surface area contributed by atoms with Crippen LogP contribution in [0.15, 0.2) is 29.3 Å². The molecule has 0 aliphatic rings. The highest BCUT2D eigenvalue weighted by atomic mass is 19.2. The molecular weight excluding hydrogens is 298 g/mol. The van der Waals surface area contributed by atoms with Gasteiger partial charge in [0.05, 0.1) is 0 Å². The molecule has 0 amide bonds. The van der Waals surface area contributed by atoms with E-state index in [2.05, 4.69) is 4.99 Å². The first-order valence-electron chi connectivity index (χ1n) is 6.63. The zero-order valence-electron chi connectivity index (χ0n) is 11.7.